The number of carbonyl (C=O) groups excluding carboxylic acids is 1. The number of carbonyl (C=O) groups is 1. The monoisotopic (exact) mass is 267 g/mol. The van der Waals surface area contributed by atoms with E-state index >= 15 is 0 Å². The van der Waals surface area contributed by atoms with Crippen LogP contribution in [0, 0.1) is 0 Å². The highest BCUT2D eigenvalue weighted by Crippen LogP contribution is 2.11. The second-order valence-electron chi connectivity index (χ2n) is 4.19. The van der Waals surface area contributed by atoms with Gasteiger partial charge in [-0.1, -0.05) is 30.3 Å². The first-order valence-electron chi connectivity index (χ1n) is 5.99. The minimum atomic E-state index is -0.539. The molecule has 1 aliphatic heterocycles. The number of nitrogens with zero attached hydrogens (tertiary/aromatic N) is 1. The Morgan fingerprint density at radius 2 is 2.22 bits per heavy atom. The highest BCUT2D eigenvalue weighted by molar-refractivity contribution is 7.99. The van der Waals surface area contributed by atoms with Crippen LogP contribution in [0.3, 0.4) is 0 Å². The van der Waals surface area contributed by atoms with Gasteiger partial charge in [0, 0.05) is 0 Å². The first-order valence-corrected chi connectivity index (χ1v) is 7.14. The van der Waals surface area contributed by atoms with Crippen molar-refractivity contribution in [3.05, 3.63) is 35.9 Å². The quantitative estimate of drug-likeness (QED) is 0.812. The minimum Gasteiger partial charge on any atom is -0.389 e. The molecule has 5 heteroatoms. The normalized spacial score (nSPS) is 19.2. The summed E-state index contributed by atoms with van der Waals surface area (Å²) in [5, 5.41) is 10.5. The molecule has 0 aromatic heterocycles. The maximum Gasteiger partial charge on any atom is 0.256 e. The van der Waals surface area contributed by atoms with E-state index in [0.29, 0.717) is 5.75 Å². The molecule has 0 spiro atoms. The number of aryl methyl sites for hydroxylation is 1. The summed E-state index contributed by atoms with van der Waals surface area (Å²) in [7, 11) is 0. The number of amides is 1. The van der Waals surface area contributed by atoms with Crippen molar-refractivity contribution in [1.82, 2.24) is 5.06 Å². The third-order valence-corrected chi connectivity index (χ3v) is 3.62. The molecule has 4 nitrogen and oxygen atoms in total. The van der Waals surface area contributed by atoms with Crippen LogP contribution in [0.15, 0.2) is 30.3 Å². The molecule has 1 saturated heterocycles. The maximum atomic E-state index is 11.7. The summed E-state index contributed by atoms with van der Waals surface area (Å²) < 4.78 is 0. The summed E-state index contributed by atoms with van der Waals surface area (Å²) in [6.07, 6.45) is 0.422. The highest BCUT2D eigenvalue weighted by Gasteiger charge is 2.25. The summed E-state index contributed by atoms with van der Waals surface area (Å²) in [6, 6.07) is 10.2. The number of hydrogen-bond donors (Lipinski definition) is 1. The van der Waals surface area contributed by atoms with Gasteiger partial charge >= 0.3 is 0 Å². The summed E-state index contributed by atoms with van der Waals surface area (Å²) in [5.74, 6) is 1.25. The number of rotatable bonds is 5. The number of β-amino-alcohol motifs (C(OH)–C–C–N with tert-alkyl or cyclic N) is 1. The van der Waals surface area contributed by atoms with Crippen LogP contribution < -0.4 is 0 Å². The van der Waals surface area contributed by atoms with Crippen LogP contribution in [0.5, 0.6) is 0 Å². The zero-order chi connectivity index (χ0) is 12.8. The first kappa shape index (κ1) is 13.4. The maximum absolute atomic E-state index is 11.7. The molecule has 98 valence electrons. The average molecular weight is 267 g/mol. The van der Waals surface area contributed by atoms with E-state index < -0.39 is 6.10 Å². The fourth-order valence-corrected chi connectivity index (χ4v) is 2.56. The van der Waals surface area contributed by atoms with Gasteiger partial charge < -0.3 is 5.11 Å². The molecule has 1 fully saturated rings. The predicted molar refractivity (Wildman–Crippen MR) is 71.1 cm³/mol. The molecule has 1 N–H and O–H groups in total. The summed E-state index contributed by atoms with van der Waals surface area (Å²) >= 11 is 1.59. The molecule has 0 saturated carbocycles. The lowest BCUT2D eigenvalue weighted by Crippen LogP contribution is -2.30. The lowest BCUT2D eigenvalue weighted by molar-refractivity contribution is -0.165. The second kappa shape index (κ2) is 6.78. The van der Waals surface area contributed by atoms with Gasteiger partial charge in [-0.25, -0.2) is 5.06 Å². The average Bonchev–Trinajstić information content (AvgIpc) is 2.82. The number of hydroxylamine groups is 2. The molecule has 18 heavy (non-hydrogen) atoms. The zero-order valence-electron chi connectivity index (χ0n) is 10.1. The van der Waals surface area contributed by atoms with Gasteiger partial charge in [0.25, 0.3) is 5.91 Å². The summed E-state index contributed by atoms with van der Waals surface area (Å²) in [4.78, 5) is 16.7. The van der Waals surface area contributed by atoms with Gasteiger partial charge in [0.2, 0.25) is 0 Å². The Morgan fingerprint density at radius 1 is 1.44 bits per heavy atom. The molecule has 1 aliphatic rings. The Kier molecular flexibility index (Phi) is 5.04. The molecule has 1 unspecified atom stereocenters. The van der Waals surface area contributed by atoms with Crippen molar-refractivity contribution in [2.24, 2.45) is 0 Å². The smallest absolute Gasteiger partial charge is 0.256 e. The predicted octanol–water partition coefficient (Wildman–Crippen LogP) is 1.10. The highest BCUT2D eigenvalue weighted by atomic mass is 32.2. The van der Waals surface area contributed by atoms with Crippen molar-refractivity contribution in [2.45, 2.75) is 12.5 Å². The van der Waals surface area contributed by atoms with E-state index in [9.17, 15) is 9.90 Å². The Bertz CT molecular complexity index is 385. The zero-order valence-corrected chi connectivity index (χ0v) is 10.9. The van der Waals surface area contributed by atoms with Crippen molar-refractivity contribution >= 4 is 17.7 Å². The molecule has 1 atom stereocenters. The van der Waals surface area contributed by atoms with Gasteiger partial charge in [-0.2, -0.15) is 11.8 Å². The third kappa shape index (κ3) is 4.01. The number of aliphatic hydroxyl groups excluding tert-OH is 1. The lowest BCUT2D eigenvalue weighted by atomic mass is 10.2. The number of benzene rings is 1. The van der Waals surface area contributed by atoms with Crippen LogP contribution in [0.25, 0.3) is 0 Å². The largest absolute Gasteiger partial charge is 0.389 e. The molecule has 0 radical (unpaired) electrons. The van der Waals surface area contributed by atoms with Gasteiger partial charge in [0.1, 0.15) is 6.61 Å². The van der Waals surface area contributed by atoms with Crippen molar-refractivity contribution in [3.63, 3.8) is 0 Å². The number of aliphatic hydroxyl groups is 1. The van der Waals surface area contributed by atoms with Crippen molar-refractivity contribution in [1.29, 1.82) is 0 Å². The van der Waals surface area contributed by atoms with E-state index in [1.165, 1.54) is 10.6 Å². The molecular formula is C13H17NO3S. The minimum absolute atomic E-state index is 0.0652. The first-order chi connectivity index (χ1) is 8.75. The van der Waals surface area contributed by atoms with Crippen LogP contribution >= 0.6 is 11.8 Å². The van der Waals surface area contributed by atoms with E-state index in [2.05, 4.69) is 12.1 Å². The third-order valence-electron chi connectivity index (χ3n) is 2.68. The molecular weight excluding hydrogens is 250 g/mol. The Balaban J connectivity index is 1.62. The van der Waals surface area contributed by atoms with E-state index in [1.807, 2.05) is 18.2 Å². The molecule has 1 amide bonds. The Hall–Kier alpha value is -1.04. The SMILES string of the molecule is O=C(CSCCc1ccccc1)N1CC(O)CO1. The van der Waals surface area contributed by atoms with E-state index in [1.54, 1.807) is 11.8 Å². The van der Waals surface area contributed by atoms with Crippen LogP contribution in [-0.4, -0.2) is 46.8 Å². The molecule has 0 aliphatic carbocycles. The fraction of sp³-hybridized carbons (Fsp3) is 0.462. The van der Waals surface area contributed by atoms with Gasteiger partial charge in [0.05, 0.1) is 18.4 Å². The van der Waals surface area contributed by atoms with Gasteiger partial charge in [-0.05, 0) is 17.7 Å². The van der Waals surface area contributed by atoms with Crippen LogP contribution in [-0.2, 0) is 16.1 Å². The van der Waals surface area contributed by atoms with Crippen molar-refractivity contribution in [2.75, 3.05) is 24.7 Å². The lowest BCUT2D eigenvalue weighted by Gasteiger charge is -2.13. The summed E-state index contributed by atoms with van der Waals surface area (Å²) in [5.41, 5.74) is 1.28. The topological polar surface area (TPSA) is 49.8 Å². The van der Waals surface area contributed by atoms with Crippen molar-refractivity contribution in [3.8, 4) is 0 Å². The molecule has 1 aromatic rings. The van der Waals surface area contributed by atoms with Crippen LogP contribution in [0.4, 0.5) is 0 Å². The van der Waals surface area contributed by atoms with E-state index in [-0.39, 0.29) is 19.1 Å². The van der Waals surface area contributed by atoms with Gasteiger partial charge in [-0.3, -0.25) is 9.63 Å². The molecule has 2 rings (SSSR count). The standard InChI is InChI=1S/C13H17NO3S/c15-12-8-14(17-9-12)13(16)10-18-7-6-11-4-2-1-3-5-11/h1-5,12,15H,6-10H2. The summed E-state index contributed by atoms with van der Waals surface area (Å²) in [6.45, 7) is 0.512. The van der Waals surface area contributed by atoms with Crippen LogP contribution in [0.1, 0.15) is 5.56 Å². The number of hydrogen-bond acceptors (Lipinski definition) is 4. The fourth-order valence-electron chi connectivity index (χ4n) is 1.71. The molecule has 1 heterocycles. The van der Waals surface area contributed by atoms with Gasteiger partial charge in [0.15, 0.2) is 0 Å². The second-order valence-corrected chi connectivity index (χ2v) is 5.30. The Labute approximate surface area is 111 Å². The van der Waals surface area contributed by atoms with E-state index in [4.69, 9.17) is 4.84 Å². The van der Waals surface area contributed by atoms with E-state index in [0.717, 1.165) is 12.2 Å². The Morgan fingerprint density at radius 3 is 2.89 bits per heavy atom. The molecule has 1 aromatic carbocycles. The van der Waals surface area contributed by atoms with Crippen molar-refractivity contribution < 1.29 is 14.7 Å². The van der Waals surface area contributed by atoms with Crippen LogP contribution in [0.2, 0.25) is 0 Å². The van der Waals surface area contributed by atoms with Gasteiger partial charge in [-0.15, -0.1) is 0 Å². The number of thioether (sulfide) groups is 1. The molecule has 0 bridgehead atoms.